The second-order valence-electron chi connectivity index (χ2n) is 7.80. The van der Waals surface area contributed by atoms with Crippen LogP contribution in [0.4, 0.5) is 10.5 Å². The smallest absolute Gasteiger partial charge is 0.414 e. The molecule has 0 aliphatic heterocycles. The van der Waals surface area contributed by atoms with E-state index in [4.69, 9.17) is 10.3 Å². The highest BCUT2D eigenvalue weighted by molar-refractivity contribution is 7.90. The quantitative estimate of drug-likeness (QED) is 0.170. The van der Waals surface area contributed by atoms with Gasteiger partial charge in [-0.05, 0) is 62.9 Å². The Kier molecular flexibility index (Phi) is 13.0. The first-order valence-electron chi connectivity index (χ1n) is 11.3. The van der Waals surface area contributed by atoms with Crippen LogP contribution in [-0.2, 0) is 14.6 Å². The highest BCUT2D eigenvalue weighted by Crippen LogP contribution is 2.19. The van der Waals surface area contributed by atoms with Gasteiger partial charge in [0.2, 0.25) is 0 Å². The molecule has 2 amide bonds. The van der Waals surface area contributed by atoms with Crippen molar-refractivity contribution < 1.29 is 27.9 Å². The molecule has 1 rings (SSSR count). The molecule has 1 aromatic carbocycles. The predicted molar refractivity (Wildman–Crippen MR) is 131 cm³/mol. The first-order valence-corrected chi connectivity index (χ1v) is 13.4. The lowest BCUT2D eigenvalue weighted by molar-refractivity contribution is 0.0773. The van der Waals surface area contributed by atoms with E-state index in [1.807, 2.05) is 13.8 Å². The van der Waals surface area contributed by atoms with Crippen molar-refractivity contribution in [2.45, 2.75) is 45.6 Å². The number of rotatable bonds is 15. The molecule has 0 radical (unpaired) electrons. The van der Waals surface area contributed by atoms with E-state index >= 15 is 0 Å². The van der Waals surface area contributed by atoms with E-state index in [0.29, 0.717) is 56.6 Å². The lowest BCUT2D eigenvalue weighted by Gasteiger charge is -2.25. The van der Waals surface area contributed by atoms with Crippen molar-refractivity contribution >= 4 is 27.5 Å². The minimum Gasteiger partial charge on any atom is -0.445 e. The number of aliphatic hydroxyl groups excluding tert-OH is 1. The number of carbonyl (C=O) groups excluding carboxylic acids is 2. The fraction of sp³-hybridized carbons (Fsp3) is 0.636. The van der Waals surface area contributed by atoms with Gasteiger partial charge < -0.3 is 14.7 Å². The summed E-state index contributed by atoms with van der Waals surface area (Å²) in [5.74, 6) is -0.444. The first kappa shape index (κ1) is 29.2. The van der Waals surface area contributed by atoms with Crippen molar-refractivity contribution in [3.05, 3.63) is 40.3 Å². The molecule has 0 aliphatic carbocycles. The van der Waals surface area contributed by atoms with Crippen LogP contribution < -0.4 is 4.90 Å². The maximum absolute atomic E-state index is 12.9. The molecule has 34 heavy (non-hydrogen) atoms. The zero-order valence-electron chi connectivity index (χ0n) is 20.1. The number of ether oxygens (including phenoxy) is 1. The van der Waals surface area contributed by atoms with Crippen LogP contribution in [0.25, 0.3) is 10.4 Å². The van der Waals surface area contributed by atoms with Gasteiger partial charge in [0.25, 0.3) is 5.91 Å². The Labute approximate surface area is 201 Å². The summed E-state index contributed by atoms with van der Waals surface area (Å²) >= 11 is 0. The molecule has 0 saturated heterocycles. The summed E-state index contributed by atoms with van der Waals surface area (Å²) in [6, 6.07) is 6.39. The Hall–Kier alpha value is -2.82. The average molecular weight is 498 g/mol. The molecule has 0 bridgehead atoms. The summed E-state index contributed by atoms with van der Waals surface area (Å²) < 4.78 is 29.2. The number of sulfone groups is 1. The second kappa shape index (κ2) is 15.2. The third-order valence-corrected chi connectivity index (χ3v) is 6.10. The van der Waals surface area contributed by atoms with Crippen molar-refractivity contribution in [1.29, 1.82) is 0 Å². The Morgan fingerprint density at radius 3 is 2.32 bits per heavy atom. The van der Waals surface area contributed by atoms with Crippen LogP contribution in [0.3, 0.4) is 0 Å². The fourth-order valence-electron chi connectivity index (χ4n) is 3.40. The minimum atomic E-state index is -3.41. The maximum atomic E-state index is 12.9. The molecule has 0 fully saturated rings. The lowest BCUT2D eigenvalue weighted by Crippen LogP contribution is -2.38. The average Bonchev–Trinajstić information content (AvgIpc) is 2.79. The molecule has 0 aliphatic rings. The number of benzene rings is 1. The van der Waals surface area contributed by atoms with Crippen LogP contribution >= 0.6 is 0 Å². The van der Waals surface area contributed by atoms with Gasteiger partial charge in [-0.3, -0.25) is 9.69 Å². The van der Waals surface area contributed by atoms with Gasteiger partial charge in [0.05, 0.1) is 18.9 Å². The number of nitrogens with zero attached hydrogens (tertiary/aromatic N) is 5. The van der Waals surface area contributed by atoms with E-state index in [1.54, 1.807) is 29.2 Å². The summed E-state index contributed by atoms with van der Waals surface area (Å²) in [5.41, 5.74) is 9.20. The normalized spacial score (nSPS) is 11.9. The highest BCUT2D eigenvalue weighted by atomic mass is 32.2. The van der Waals surface area contributed by atoms with Gasteiger partial charge in [0.1, 0.15) is 6.10 Å². The van der Waals surface area contributed by atoms with Gasteiger partial charge in [-0.1, -0.05) is 11.5 Å². The van der Waals surface area contributed by atoms with Crippen LogP contribution in [-0.4, -0.2) is 81.3 Å². The van der Waals surface area contributed by atoms with Crippen molar-refractivity contribution in [3.8, 4) is 0 Å². The monoisotopic (exact) mass is 497 g/mol. The van der Waals surface area contributed by atoms with Crippen molar-refractivity contribution in [2.75, 3.05) is 49.7 Å². The van der Waals surface area contributed by atoms with Gasteiger partial charge in [-0.25, -0.2) is 13.2 Å². The molecule has 0 saturated carbocycles. The fourth-order valence-corrected chi connectivity index (χ4v) is 4.31. The molecule has 190 valence electrons. The van der Waals surface area contributed by atoms with Crippen molar-refractivity contribution in [3.63, 3.8) is 0 Å². The van der Waals surface area contributed by atoms with E-state index < -0.39 is 22.0 Å². The summed E-state index contributed by atoms with van der Waals surface area (Å²) in [5, 5.41) is 12.9. The van der Waals surface area contributed by atoms with Crippen LogP contribution in [0.2, 0.25) is 0 Å². The zero-order valence-corrected chi connectivity index (χ0v) is 20.9. The molecule has 0 spiro atoms. The van der Waals surface area contributed by atoms with Crippen LogP contribution in [0.15, 0.2) is 29.4 Å². The van der Waals surface area contributed by atoms with E-state index in [9.17, 15) is 23.1 Å². The van der Waals surface area contributed by atoms with Crippen molar-refractivity contribution in [2.24, 2.45) is 5.11 Å². The molecule has 12 heteroatoms. The SMILES string of the molecule is CCN(CC)C(=O)c1ccc(N(CCO)C(=O)OC(CCCCCN=[N+]=[N-])CS(C)(=O)=O)cc1. The molecule has 0 heterocycles. The summed E-state index contributed by atoms with van der Waals surface area (Å²) in [6.45, 7) is 4.90. The summed E-state index contributed by atoms with van der Waals surface area (Å²) in [6.07, 6.45) is 1.71. The molecular formula is C22H35N5O6S. The molecule has 1 aromatic rings. The highest BCUT2D eigenvalue weighted by Gasteiger charge is 2.24. The molecule has 1 N–H and O–H groups in total. The predicted octanol–water partition coefficient (Wildman–Crippen LogP) is 3.39. The third kappa shape index (κ3) is 10.4. The number of anilines is 1. The second-order valence-corrected chi connectivity index (χ2v) is 9.99. The van der Waals surface area contributed by atoms with Crippen LogP contribution in [0.5, 0.6) is 0 Å². The van der Waals surface area contributed by atoms with Gasteiger partial charge in [-0.15, -0.1) is 0 Å². The molecule has 0 aromatic heterocycles. The Morgan fingerprint density at radius 1 is 1.15 bits per heavy atom. The molecule has 1 atom stereocenters. The van der Waals surface area contributed by atoms with E-state index in [2.05, 4.69) is 10.0 Å². The number of hydrogen-bond donors (Lipinski definition) is 1. The number of hydrogen-bond acceptors (Lipinski definition) is 7. The van der Waals surface area contributed by atoms with Gasteiger partial charge in [0.15, 0.2) is 9.84 Å². The Morgan fingerprint density at radius 2 is 1.79 bits per heavy atom. The first-order chi connectivity index (χ1) is 16.2. The standard InChI is InChI=1S/C22H35N5O6S/c1-4-26(5-2)21(29)18-10-12-19(13-11-18)27(15-16-28)22(30)33-20(17-34(3,31)32)9-7-6-8-14-24-25-23/h10-13,20,28H,4-9,14-17H2,1-3H3. The number of amides is 2. The van der Waals surface area contributed by atoms with Crippen LogP contribution in [0.1, 0.15) is 49.9 Å². The van der Waals surface area contributed by atoms with Crippen molar-refractivity contribution in [1.82, 2.24) is 4.90 Å². The summed E-state index contributed by atoms with van der Waals surface area (Å²) in [4.78, 5) is 31.0. The lowest BCUT2D eigenvalue weighted by atomic mass is 10.1. The molecule has 1 unspecified atom stereocenters. The Bertz CT molecular complexity index is 928. The van der Waals surface area contributed by atoms with Gasteiger partial charge >= 0.3 is 6.09 Å². The zero-order chi connectivity index (χ0) is 25.6. The number of carbonyl (C=O) groups is 2. The number of aliphatic hydroxyl groups is 1. The van der Waals surface area contributed by atoms with E-state index in [-0.39, 0.29) is 24.8 Å². The molecular weight excluding hydrogens is 462 g/mol. The number of unbranched alkanes of at least 4 members (excludes halogenated alkanes) is 2. The van der Waals surface area contributed by atoms with E-state index in [1.165, 1.54) is 4.90 Å². The van der Waals surface area contributed by atoms with E-state index in [0.717, 1.165) is 6.26 Å². The Balaban J connectivity index is 2.93. The number of azide groups is 1. The van der Waals surface area contributed by atoms with Gasteiger partial charge in [0, 0.05) is 42.1 Å². The largest absolute Gasteiger partial charge is 0.445 e. The molecule has 11 nitrogen and oxygen atoms in total. The van der Waals surface area contributed by atoms with Crippen LogP contribution in [0, 0.1) is 0 Å². The summed E-state index contributed by atoms with van der Waals surface area (Å²) in [7, 11) is -3.41. The minimum absolute atomic E-state index is 0.0556. The topological polar surface area (TPSA) is 153 Å². The maximum Gasteiger partial charge on any atom is 0.414 e. The third-order valence-electron chi connectivity index (χ3n) is 5.12. The van der Waals surface area contributed by atoms with Gasteiger partial charge in [-0.2, -0.15) is 0 Å².